The van der Waals surface area contributed by atoms with Crippen LogP contribution in [0.2, 0.25) is 0 Å². The molecule has 20 heavy (non-hydrogen) atoms. The predicted molar refractivity (Wildman–Crippen MR) is 83.2 cm³/mol. The van der Waals surface area contributed by atoms with Crippen molar-refractivity contribution in [3.8, 4) is 5.75 Å². The average molecular weight is 271 g/mol. The minimum absolute atomic E-state index is 0.291. The Kier molecular flexibility index (Phi) is 4.82. The number of phenols is 1. The lowest BCUT2D eigenvalue weighted by atomic mass is 10.2. The van der Waals surface area contributed by atoms with E-state index in [2.05, 4.69) is 29.0 Å². The van der Waals surface area contributed by atoms with Crippen molar-refractivity contribution >= 4 is 11.5 Å². The molecule has 2 N–H and O–H groups in total. The summed E-state index contributed by atoms with van der Waals surface area (Å²) in [5.74, 6) is 1.29. The van der Waals surface area contributed by atoms with E-state index < -0.39 is 0 Å². The van der Waals surface area contributed by atoms with Crippen molar-refractivity contribution in [2.24, 2.45) is 0 Å². The summed E-state index contributed by atoms with van der Waals surface area (Å²) in [6.45, 7) is 6.83. The predicted octanol–water partition coefficient (Wildman–Crippen LogP) is 3.25. The number of phenolic OH excluding ortho intramolecular Hbond substituents is 1. The van der Waals surface area contributed by atoms with Crippen molar-refractivity contribution in [1.29, 1.82) is 0 Å². The first-order chi connectivity index (χ1) is 9.72. The highest BCUT2D eigenvalue weighted by Crippen LogP contribution is 2.16. The van der Waals surface area contributed by atoms with Crippen molar-refractivity contribution in [3.05, 3.63) is 48.2 Å². The molecule has 4 heteroatoms. The van der Waals surface area contributed by atoms with Crippen molar-refractivity contribution in [2.75, 3.05) is 23.3 Å². The number of nitrogens with one attached hydrogen (secondary N) is 1. The van der Waals surface area contributed by atoms with Crippen LogP contribution in [0.4, 0.5) is 11.5 Å². The Morgan fingerprint density at radius 3 is 2.55 bits per heavy atom. The fourth-order valence-corrected chi connectivity index (χ4v) is 2.10. The summed E-state index contributed by atoms with van der Waals surface area (Å²) < 4.78 is 0. The minimum atomic E-state index is 0.291. The van der Waals surface area contributed by atoms with Crippen LogP contribution in [0.5, 0.6) is 5.75 Å². The molecular formula is C16H21N3O. The standard InChI is InChI=1S/C16H21N3O/c1-3-19(4-2)16-9-8-14(12-18-16)17-11-13-6-5-7-15(20)10-13/h5-10,12,17,20H,3-4,11H2,1-2H3. The topological polar surface area (TPSA) is 48.4 Å². The molecule has 0 bridgehead atoms. The number of aromatic hydroxyl groups is 1. The Labute approximate surface area is 120 Å². The summed E-state index contributed by atoms with van der Waals surface area (Å²) in [5, 5.41) is 12.7. The number of hydrogen-bond acceptors (Lipinski definition) is 4. The fourth-order valence-electron chi connectivity index (χ4n) is 2.10. The monoisotopic (exact) mass is 271 g/mol. The first-order valence-electron chi connectivity index (χ1n) is 6.95. The van der Waals surface area contributed by atoms with Gasteiger partial charge in [0.05, 0.1) is 11.9 Å². The smallest absolute Gasteiger partial charge is 0.128 e. The number of hydrogen-bond donors (Lipinski definition) is 2. The molecule has 0 radical (unpaired) electrons. The van der Waals surface area contributed by atoms with Crippen molar-refractivity contribution in [3.63, 3.8) is 0 Å². The molecule has 0 spiro atoms. The number of pyridine rings is 1. The third-order valence-electron chi connectivity index (χ3n) is 3.24. The fraction of sp³-hybridized carbons (Fsp3) is 0.312. The van der Waals surface area contributed by atoms with Gasteiger partial charge in [0.2, 0.25) is 0 Å². The Hall–Kier alpha value is -2.23. The molecule has 0 aliphatic heterocycles. The summed E-state index contributed by atoms with van der Waals surface area (Å²) in [7, 11) is 0. The third-order valence-corrected chi connectivity index (χ3v) is 3.24. The lowest BCUT2D eigenvalue weighted by molar-refractivity contribution is 0.474. The van der Waals surface area contributed by atoms with Gasteiger partial charge in [-0.05, 0) is 43.7 Å². The average Bonchev–Trinajstić information content (AvgIpc) is 2.48. The second-order valence-electron chi connectivity index (χ2n) is 4.60. The lowest BCUT2D eigenvalue weighted by Crippen LogP contribution is -2.22. The molecule has 0 aliphatic carbocycles. The van der Waals surface area contributed by atoms with Crippen molar-refractivity contribution in [1.82, 2.24) is 4.98 Å². The molecule has 0 aliphatic rings. The molecule has 0 fully saturated rings. The molecular weight excluding hydrogens is 250 g/mol. The summed E-state index contributed by atoms with van der Waals surface area (Å²) in [6.07, 6.45) is 1.84. The normalized spacial score (nSPS) is 10.3. The van der Waals surface area contributed by atoms with Crippen molar-refractivity contribution < 1.29 is 5.11 Å². The number of rotatable bonds is 6. The first kappa shape index (κ1) is 14.2. The Balaban J connectivity index is 1.97. The van der Waals surface area contributed by atoms with Gasteiger partial charge in [-0.15, -0.1) is 0 Å². The summed E-state index contributed by atoms with van der Waals surface area (Å²) in [5.41, 5.74) is 2.02. The second kappa shape index (κ2) is 6.80. The van der Waals surface area contributed by atoms with E-state index in [9.17, 15) is 5.11 Å². The van der Waals surface area contributed by atoms with Gasteiger partial charge in [0, 0.05) is 19.6 Å². The molecule has 0 amide bonds. The third kappa shape index (κ3) is 3.63. The molecule has 1 heterocycles. The number of aromatic nitrogens is 1. The zero-order chi connectivity index (χ0) is 14.4. The Morgan fingerprint density at radius 1 is 1.15 bits per heavy atom. The van der Waals surface area contributed by atoms with Gasteiger partial charge in [0.15, 0.2) is 0 Å². The lowest BCUT2D eigenvalue weighted by Gasteiger charge is -2.19. The molecule has 2 rings (SSSR count). The van der Waals surface area contributed by atoms with Crippen LogP contribution in [-0.2, 0) is 6.54 Å². The second-order valence-corrected chi connectivity index (χ2v) is 4.60. The SMILES string of the molecule is CCN(CC)c1ccc(NCc2cccc(O)c2)cn1. The Bertz CT molecular complexity index is 536. The maximum Gasteiger partial charge on any atom is 0.128 e. The quantitative estimate of drug-likeness (QED) is 0.846. The number of nitrogens with zero attached hydrogens (tertiary/aromatic N) is 2. The Morgan fingerprint density at radius 2 is 1.95 bits per heavy atom. The van der Waals surface area contributed by atoms with Crippen LogP contribution >= 0.6 is 0 Å². The van der Waals surface area contributed by atoms with Crippen LogP contribution in [0.1, 0.15) is 19.4 Å². The van der Waals surface area contributed by atoms with E-state index in [0.717, 1.165) is 30.2 Å². The summed E-state index contributed by atoms with van der Waals surface area (Å²) in [6, 6.07) is 11.3. The van der Waals surface area contributed by atoms with E-state index in [1.54, 1.807) is 12.1 Å². The molecule has 0 saturated heterocycles. The zero-order valence-electron chi connectivity index (χ0n) is 12.0. The van der Waals surface area contributed by atoms with E-state index in [1.807, 2.05) is 30.5 Å². The van der Waals surface area contributed by atoms with E-state index in [4.69, 9.17) is 0 Å². The largest absolute Gasteiger partial charge is 0.508 e. The van der Waals surface area contributed by atoms with Crippen LogP contribution in [0.3, 0.4) is 0 Å². The highest BCUT2D eigenvalue weighted by molar-refractivity contribution is 5.49. The van der Waals surface area contributed by atoms with Gasteiger partial charge in [0.25, 0.3) is 0 Å². The molecule has 1 aromatic carbocycles. The highest BCUT2D eigenvalue weighted by Gasteiger charge is 2.02. The van der Waals surface area contributed by atoms with Crippen LogP contribution in [0.25, 0.3) is 0 Å². The summed E-state index contributed by atoms with van der Waals surface area (Å²) in [4.78, 5) is 6.67. The molecule has 2 aromatic rings. The minimum Gasteiger partial charge on any atom is -0.508 e. The van der Waals surface area contributed by atoms with E-state index in [1.165, 1.54) is 0 Å². The number of anilines is 2. The van der Waals surface area contributed by atoms with Gasteiger partial charge < -0.3 is 15.3 Å². The van der Waals surface area contributed by atoms with E-state index >= 15 is 0 Å². The molecule has 1 aromatic heterocycles. The van der Waals surface area contributed by atoms with Crippen LogP contribution in [0.15, 0.2) is 42.6 Å². The van der Waals surface area contributed by atoms with Gasteiger partial charge >= 0.3 is 0 Å². The van der Waals surface area contributed by atoms with E-state index in [0.29, 0.717) is 12.3 Å². The van der Waals surface area contributed by atoms with Crippen LogP contribution in [0, 0.1) is 0 Å². The van der Waals surface area contributed by atoms with Gasteiger partial charge in [0.1, 0.15) is 11.6 Å². The van der Waals surface area contributed by atoms with Crippen LogP contribution in [-0.4, -0.2) is 23.2 Å². The van der Waals surface area contributed by atoms with Crippen LogP contribution < -0.4 is 10.2 Å². The van der Waals surface area contributed by atoms with E-state index in [-0.39, 0.29) is 0 Å². The van der Waals surface area contributed by atoms with Gasteiger partial charge in [-0.1, -0.05) is 12.1 Å². The van der Waals surface area contributed by atoms with Gasteiger partial charge in [-0.25, -0.2) is 4.98 Å². The van der Waals surface area contributed by atoms with Gasteiger partial charge in [-0.3, -0.25) is 0 Å². The zero-order valence-corrected chi connectivity index (χ0v) is 12.0. The number of benzene rings is 1. The van der Waals surface area contributed by atoms with Crippen molar-refractivity contribution in [2.45, 2.75) is 20.4 Å². The van der Waals surface area contributed by atoms with Gasteiger partial charge in [-0.2, -0.15) is 0 Å². The highest BCUT2D eigenvalue weighted by atomic mass is 16.3. The first-order valence-corrected chi connectivity index (χ1v) is 6.95. The molecule has 0 atom stereocenters. The summed E-state index contributed by atoms with van der Waals surface area (Å²) >= 11 is 0. The molecule has 0 unspecified atom stereocenters. The molecule has 106 valence electrons. The maximum absolute atomic E-state index is 9.42. The molecule has 0 saturated carbocycles. The maximum atomic E-state index is 9.42. The molecule has 4 nitrogen and oxygen atoms in total.